The highest BCUT2D eigenvalue weighted by atomic mass is 32.1. The number of aryl methyl sites for hydroxylation is 1. The van der Waals surface area contributed by atoms with Crippen LogP contribution in [0, 0.1) is 18.8 Å². The van der Waals surface area contributed by atoms with E-state index in [0.717, 1.165) is 10.4 Å². The van der Waals surface area contributed by atoms with E-state index in [0.29, 0.717) is 17.9 Å². The van der Waals surface area contributed by atoms with Crippen LogP contribution in [0.1, 0.15) is 20.8 Å². The lowest BCUT2D eigenvalue weighted by molar-refractivity contribution is 0.102. The Hall–Kier alpha value is -2.16. The first-order chi connectivity index (χ1) is 9.19. The molecule has 19 heavy (non-hydrogen) atoms. The van der Waals surface area contributed by atoms with Crippen molar-refractivity contribution in [3.63, 3.8) is 0 Å². The minimum Gasteiger partial charge on any atom is -0.320 e. The Morgan fingerprint density at radius 2 is 2.37 bits per heavy atom. The molecular formula is C14H13N3OS. The average molecular weight is 271 g/mol. The quantitative estimate of drug-likeness (QED) is 0.821. The molecule has 2 aromatic heterocycles. The zero-order valence-electron chi connectivity index (χ0n) is 10.4. The molecule has 0 aliphatic carbocycles. The first kappa shape index (κ1) is 13.3. The number of carbonyl (C=O) groups is 1. The third-order valence-corrected chi connectivity index (χ3v) is 3.18. The van der Waals surface area contributed by atoms with Crippen LogP contribution in [0.5, 0.6) is 0 Å². The number of anilines is 1. The molecule has 0 saturated heterocycles. The molecule has 0 unspecified atom stereocenters. The predicted molar refractivity (Wildman–Crippen MR) is 77.2 cm³/mol. The van der Waals surface area contributed by atoms with Gasteiger partial charge in [0.25, 0.3) is 5.91 Å². The normalized spacial score (nSPS) is 9.58. The molecule has 0 spiro atoms. The summed E-state index contributed by atoms with van der Waals surface area (Å²) in [4.78, 5) is 16.9. The van der Waals surface area contributed by atoms with Gasteiger partial charge in [-0.05, 0) is 30.7 Å². The van der Waals surface area contributed by atoms with Gasteiger partial charge < -0.3 is 11.1 Å². The number of carbonyl (C=O) groups excluding carboxylic acids is 1. The number of thiophene rings is 1. The van der Waals surface area contributed by atoms with Crippen LogP contribution in [-0.4, -0.2) is 17.4 Å². The molecular weight excluding hydrogens is 258 g/mol. The SMILES string of the molecule is Cc1ccnc(NC(=O)c2csc(C#CCN)c2)c1. The van der Waals surface area contributed by atoms with Crippen molar-refractivity contribution in [2.24, 2.45) is 5.73 Å². The Labute approximate surface area is 115 Å². The van der Waals surface area contributed by atoms with Gasteiger partial charge in [-0.2, -0.15) is 0 Å². The second kappa shape index (κ2) is 6.14. The van der Waals surface area contributed by atoms with E-state index in [1.54, 1.807) is 17.6 Å². The maximum absolute atomic E-state index is 12.0. The van der Waals surface area contributed by atoms with Crippen molar-refractivity contribution in [2.45, 2.75) is 6.92 Å². The van der Waals surface area contributed by atoms with Crippen LogP contribution in [0.15, 0.2) is 29.8 Å². The maximum atomic E-state index is 12.0. The van der Waals surface area contributed by atoms with E-state index in [1.165, 1.54) is 11.3 Å². The molecule has 2 rings (SSSR count). The number of hydrogen-bond donors (Lipinski definition) is 2. The first-order valence-corrected chi connectivity index (χ1v) is 6.58. The summed E-state index contributed by atoms with van der Waals surface area (Å²) < 4.78 is 0. The molecule has 0 bridgehead atoms. The van der Waals surface area contributed by atoms with Crippen molar-refractivity contribution in [2.75, 3.05) is 11.9 Å². The van der Waals surface area contributed by atoms with Gasteiger partial charge in [0.1, 0.15) is 5.82 Å². The van der Waals surface area contributed by atoms with Gasteiger partial charge in [-0.25, -0.2) is 4.98 Å². The third kappa shape index (κ3) is 3.65. The second-order valence-electron chi connectivity index (χ2n) is 3.88. The smallest absolute Gasteiger partial charge is 0.257 e. The van der Waals surface area contributed by atoms with E-state index < -0.39 is 0 Å². The van der Waals surface area contributed by atoms with Crippen molar-refractivity contribution in [1.82, 2.24) is 4.98 Å². The fourth-order valence-electron chi connectivity index (χ4n) is 1.45. The Morgan fingerprint density at radius 1 is 1.53 bits per heavy atom. The second-order valence-corrected chi connectivity index (χ2v) is 4.79. The third-order valence-electron chi connectivity index (χ3n) is 2.33. The van der Waals surface area contributed by atoms with Crippen LogP contribution in [-0.2, 0) is 0 Å². The number of nitrogens with two attached hydrogens (primary N) is 1. The Balaban J connectivity index is 2.10. The van der Waals surface area contributed by atoms with Gasteiger partial charge in [-0.1, -0.05) is 11.8 Å². The summed E-state index contributed by atoms with van der Waals surface area (Å²) in [7, 11) is 0. The van der Waals surface area contributed by atoms with Gasteiger partial charge in [0.2, 0.25) is 0 Å². The summed E-state index contributed by atoms with van der Waals surface area (Å²) in [5, 5.41) is 4.52. The molecule has 5 heteroatoms. The number of nitrogens with zero attached hydrogens (tertiary/aromatic N) is 1. The molecule has 4 nitrogen and oxygen atoms in total. The highest BCUT2D eigenvalue weighted by Gasteiger charge is 2.08. The minimum absolute atomic E-state index is 0.185. The molecule has 0 saturated carbocycles. The van der Waals surface area contributed by atoms with Crippen LogP contribution >= 0.6 is 11.3 Å². The Bertz CT molecular complexity index is 652. The zero-order valence-corrected chi connectivity index (χ0v) is 11.3. The van der Waals surface area contributed by atoms with E-state index >= 15 is 0 Å². The highest BCUT2D eigenvalue weighted by Crippen LogP contribution is 2.15. The molecule has 2 aromatic rings. The molecule has 0 aliphatic rings. The van der Waals surface area contributed by atoms with Gasteiger partial charge in [-0.15, -0.1) is 11.3 Å². The molecule has 96 valence electrons. The van der Waals surface area contributed by atoms with Crippen molar-refractivity contribution in [3.05, 3.63) is 45.8 Å². The fourth-order valence-corrected chi connectivity index (χ4v) is 2.21. The maximum Gasteiger partial charge on any atom is 0.257 e. The minimum atomic E-state index is -0.185. The van der Waals surface area contributed by atoms with Crippen LogP contribution < -0.4 is 11.1 Å². The van der Waals surface area contributed by atoms with Gasteiger partial charge in [0, 0.05) is 11.6 Å². The van der Waals surface area contributed by atoms with E-state index in [2.05, 4.69) is 22.1 Å². The summed E-state index contributed by atoms with van der Waals surface area (Å²) in [6.45, 7) is 2.26. The van der Waals surface area contributed by atoms with Crippen LogP contribution in [0.2, 0.25) is 0 Å². The lowest BCUT2D eigenvalue weighted by atomic mass is 10.2. The lowest BCUT2D eigenvalue weighted by Gasteiger charge is -2.02. The molecule has 1 amide bonds. The van der Waals surface area contributed by atoms with Crippen molar-refractivity contribution >= 4 is 23.1 Å². The van der Waals surface area contributed by atoms with Gasteiger partial charge >= 0.3 is 0 Å². The summed E-state index contributed by atoms with van der Waals surface area (Å²) >= 11 is 1.42. The number of rotatable bonds is 2. The lowest BCUT2D eigenvalue weighted by Crippen LogP contribution is -2.11. The summed E-state index contributed by atoms with van der Waals surface area (Å²) in [6.07, 6.45) is 1.66. The van der Waals surface area contributed by atoms with Crippen LogP contribution in [0.25, 0.3) is 0 Å². The van der Waals surface area contributed by atoms with Gasteiger partial charge in [0.05, 0.1) is 17.0 Å². The number of amides is 1. The predicted octanol–water partition coefficient (Wildman–Crippen LogP) is 2.01. The standard InChI is InChI=1S/C14H13N3OS/c1-10-4-6-16-13(7-10)17-14(18)11-8-12(19-9-11)3-2-5-15/h4,6-9H,5,15H2,1H3,(H,16,17,18). The Kier molecular flexibility index (Phi) is 4.29. The fraction of sp³-hybridized carbons (Fsp3) is 0.143. The van der Waals surface area contributed by atoms with Crippen LogP contribution in [0.4, 0.5) is 5.82 Å². The van der Waals surface area contributed by atoms with Gasteiger partial charge in [0.15, 0.2) is 0 Å². The highest BCUT2D eigenvalue weighted by molar-refractivity contribution is 7.10. The monoisotopic (exact) mass is 271 g/mol. The number of nitrogens with one attached hydrogen (secondary N) is 1. The number of aromatic nitrogens is 1. The number of hydrogen-bond acceptors (Lipinski definition) is 4. The summed E-state index contributed by atoms with van der Waals surface area (Å²) in [6, 6.07) is 5.44. The van der Waals surface area contributed by atoms with E-state index in [9.17, 15) is 4.79 Å². The average Bonchev–Trinajstić information content (AvgIpc) is 2.85. The number of pyridine rings is 1. The van der Waals surface area contributed by atoms with E-state index in [4.69, 9.17) is 5.73 Å². The molecule has 0 aromatic carbocycles. The Morgan fingerprint density at radius 3 is 3.11 bits per heavy atom. The van der Waals surface area contributed by atoms with Crippen molar-refractivity contribution in [1.29, 1.82) is 0 Å². The molecule has 2 heterocycles. The largest absolute Gasteiger partial charge is 0.320 e. The zero-order chi connectivity index (χ0) is 13.7. The molecule has 3 N–H and O–H groups in total. The summed E-state index contributed by atoms with van der Waals surface area (Å²) in [5.41, 5.74) is 6.93. The van der Waals surface area contributed by atoms with Crippen LogP contribution in [0.3, 0.4) is 0 Å². The molecule has 0 atom stereocenters. The topological polar surface area (TPSA) is 68.0 Å². The molecule has 0 radical (unpaired) electrons. The first-order valence-electron chi connectivity index (χ1n) is 5.70. The molecule has 0 aliphatic heterocycles. The van der Waals surface area contributed by atoms with Crippen molar-refractivity contribution < 1.29 is 4.79 Å². The van der Waals surface area contributed by atoms with E-state index in [1.807, 2.05) is 19.1 Å². The molecule has 0 fully saturated rings. The summed E-state index contributed by atoms with van der Waals surface area (Å²) in [5.74, 6) is 6.02. The van der Waals surface area contributed by atoms with E-state index in [-0.39, 0.29) is 5.91 Å². The van der Waals surface area contributed by atoms with Crippen molar-refractivity contribution in [3.8, 4) is 11.8 Å². The van der Waals surface area contributed by atoms with Gasteiger partial charge in [-0.3, -0.25) is 4.79 Å².